The third-order valence-corrected chi connectivity index (χ3v) is 3.94. The van der Waals surface area contributed by atoms with E-state index in [2.05, 4.69) is 36.0 Å². The number of likely N-dealkylation sites (tertiary alicyclic amines) is 1. The zero-order chi connectivity index (χ0) is 13.8. The van der Waals surface area contributed by atoms with E-state index in [9.17, 15) is 0 Å². The maximum atomic E-state index is 4.88. The van der Waals surface area contributed by atoms with E-state index in [4.69, 9.17) is 4.99 Å². The average Bonchev–Trinajstić information content (AvgIpc) is 2.43. The third-order valence-electron chi connectivity index (χ3n) is 3.94. The first kappa shape index (κ1) is 13.9. The number of hydrogen-bond acceptors (Lipinski definition) is 3. The Morgan fingerprint density at radius 3 is 2.74 bits per heavy atom. The highest BCUT2D eigenvalue weighted by Gasteiger charge is 2.19. The Bertz CT molecular complexity index is 502. The standard InChI is InChI=1S/C16H23N3/c1-12-11-14(9-10-19(12)4)18-16-8-6-5-7-15(16)13(2)17-3/h5-8,12H,9-11H2,1-4H3. The summed E-state index contributed by atoms with van der Waals surface area (Å²) < 4.78 is 0. The topological polar surface area (TPSA) is 28.0 Å². The quantitative estimate of drug-likeness (QED) is 0.747. The van der Waals surface area contributed by atoms with Crippen LogP contribution in [0.5, 0.6) is 0 Å². The molecule has 3 nitrogen and oxygen atoms in total. The predicted octanol–water partition coefficient (Wildman–Crippen LogP) is 3.31. The first-order valence-corrected chi connectivity index (χ1v) is 6.91. The van der Waals surface area contributed by atoms with Crippen LogP contribution in [0, 0.1) is 0 Å². The van der Waals surface area contributed by atoms with Gasteiger partial charge in [-0.1, -0.05) is 18.2 Å². The summed E-state index contributed by atoms with van der Waals surface area (Å²) in [7, 11) is 4.01. The molecule has 19 heavy (non-hydrogen) atoms. The van der Waals surface area contributed by atoms with Crippen molar-refractivity contribution in [1.82, 2.24) is 4.90 Å². The number of rotatable bonds is 2. The van der Waals surface area contributed by atoms with E-state index in [1.807, 2.05) is 26.1 Å². The van der Waals surface area contributed by atoms with Crippen molar-refractivity contribution >= 4 is 17.1 Å². The van der Waals surface area contributed by atoms with Crippen LogP contribution in [-0.2, 0) is 0 Å². The van der Waals surface area contributed by atoms with Crippen molar-refractivity contribution in [2.24, 2.45) is 9.98 Å². The lowest BCUT2D eigenvalue weighted by atomic mass is 10.0. The van der Waals surface area contributed by atoms with Crippen LogP contribution in [0.2, 0.25) is 0 Å². The van der Waals surface area contributed by atoms with Gasteiger partial charge < -0.3 is 4.90 Å². The number of hydrogen-bond donors (Lipinski definition) is 0. The summed E-state index contributed by atoms with van der Waals surface area (Å²) in [6.45, 7) is 5.40. The largest absolute Gasteiger partial charge is 0.303 e. The fraction of sp³-hybridized carbons (Fsp3) is 0.500. The summed E-state index contributed by atoms with van der Waals surface area (Å²) in [5, 5.41) is 0. The Morgan fingerprint density at radius 2 is 2.05 bits per heavy atom. The molecule has 2 rings (SSSR count). The minimum atomic E-state index is 0.584. The molecular formula is C16H23N3. The van der Waals surface area contributed by atoms with Gasteiger partial charge in [-0.3, -0.25) is 9.98 Å². The van der Waals surface area contributed by atoms with Crippen LogP contribution in [0.1, 0.15) is 32.3 Å². The van der Waals surface area contributed by atoms with E-state index in [0.29, 0.717) is 6.04 Å². The van der Waals surface area contributed by atoms with Crippen molar-refractivity contribution < 1.29 is 0 Å². The van der Waals surface area contributed by atoms with Gasteiger partial charge >= 0.3 is 0 Å². The number of piperidine rings is 1. The van der Waals surface area contributed by atoms with E-state index in [0.717, 1.165) is 36.3 Å². The second kappa shape index (κ2) is 6.11. The molecule has 0 amide bonds. The summed E-state index contributed by atoms with van der Waals surface area (Å²) in [6.07, 6.45) is 2.13. The minimum absolute atomic E-state index is 0.584. The molecule has 1 saturated heterocycles. The Kier molecular flexibility index (Phi) is 4.48. The predicted molar refractivity (Wildman–Crippen MR) is 83.0 cm³/mol. The van der Waals surface area contributed by atoms with E-state index in [-0.39, 0.29) is 0 Å². The van der Waals surface area contributed by atoms with E-state index >= 15 is 0 Å². The van der Waals surface area contributed by atoms with Crippen molar-refractivity contribution in [1.29, 1.82) is 0 Å². The second-order valence-corrected chi connectivity index (χ2v) is 5.29. The van der Waals surface area contributed by atoms with Crippen LogP contribution >= 0.6 is 0 Å². The lowest BCUT2D eigenvalue weighted by molar-refractivity contribution is 0.253. The van der Waals surface area contributed by atoms with Crippen molar-refractivity contribution in [2.45, 2.75) is 32.7 Å². The molecule has 0 N–H and O–H groups in total. The second-order valence-electron chi connectivity index (χ2n) is 5.29. The van der Waals surface area contributed by atoms with Gasteiger partial charge in [-0.2, -0.15) is 0 Å². The molecule has 1 heterocycles. The van der Waals surface area contributed by atoms with Gasteiger partial charge in [0.2, 0.25) is 0 Å². The molecule has 1 fully saturated rings. The summed E-state index contributed by atoms with van der Waals surface area (Å²) >= 11 is 0. The highest BCUT2D eigenvalue weighted by atomic mass is 15.1. The van der Waals surface area contributed by atoms with Gasteiger partial charge in [-0.15, -0.1) is 0 Å². The van der Waals surface area contributed by atoms with Crippen molar-refractivity contribution in [3.63, 3.8) is 0 Å². The molecule has 1 aromatic rings. The Balaban J connectivity index is 2.28. The van der Waals surface area contributed by atoms with Gasteiger partial charge in [0.25, 0.3) is 0 Å². The molecule has 0 spiro atoms. The lowest BCUT2D eigenvalue weighted by Gasteiger charge is -2.30. The van der Waals surface area contributed by atoms with Crippen molar-refractivity contribution in [3.05, 3.63) is 29.8 Å². The summed E-state index contributed by atoms with van der Waals surface area (Å²) in [5.41, 5.74) is 4.55. The van der Waals surface area contributed by atoms with Crippen molar-refractivity contribution in [3.8, 4) is 0 Å². The fourth-order valence-corrected chi connectivity index (χ4v) is 2.39. The Hall–Kier alpha value is -1.48. The number of nitrogens with zero attached hydrogens (tertiary/aromatic N) is 3. The Morgan fingerprint density at radius 1 is 1.32 bits per heavy atom. The first-order valence-electron chi connectivity index (χ1n) is 6.91. The molecule has 1 aliphatic rings. The molecule has 1 aliphatic heterocycles. The molecule has 0 saturated carbocycles. The average molecular weight is 257 g/mol. The number of para-hydroxylation sites is 1. The SMILES string of the molecule is CN=C(C)c1ccccc1N=C1CCN(C)C(C)C1. The maximum absolute atomic E-state index is 4.88. The molecule has 0 radical (unpaired) electrons. The molecule has 1 aromatic carbocycles. The number of aliphatic imine (C=N–C) groups is 2. The first-order chi connectivity index (χ1) is 9.11. The van der Waals surface area contributed by atoms with Gasteiger partial charge in [-0.05, 0) is 33.4 Å². The smallest absolute Gasteiger partial charge is 0.0719 e. The lowest BCUT2D eigenvalue weighted by Crippen LogP contribution is -2.37. The van der Waals surface area contributed by atoms with Crippen LogP contribution in [0.15, 0.2) is 34.3 Å². The monoisotopic (exact) mass is 257 g/mol. The van der Waals surface area contributed by atoms with Gasteiger partial charge in [0.15, 0.2) is 0 Å². The molecule has 1 unspecified atom stereocenters. The zero-order valence-corrected chi connectivity index (χ0v) is 12.3. The van der Waals surface area contributed by atoms with E-state index in [1.165, 1.54) is 5.71 Å². The van der Waals surface area contributed by atoms with Crippen LogP contribution in [0.4, 0.5) is 5.69 Å². The molecular weight excluding hydrogens is 234 g/mol. The maximum Gasteiger partial charge on any atom is 0.0719 e. The van der Waals surface area contributed by atoms with Crippen LogP contribution in [0.25, 0.3) is 0 Å². The minimum Gasteiger partial charge on any atom is -0.303 e. The van der Waals surface area contributed by atoms with Crippen LogP contribution in [0.3, 0.4) is 0 Å². The Labute approximate surface area is 116 Å². The summed E-state index contributed by atoms with van der Waals surface area (Å²) in [4.78, 5) is 11.6. The molecule has 102 valence electrons. The highest BCUT2D eigenvalue weighted by molar-refractivity contribution is 6.04. The summed E-state index contributed by atoms with van der Waals surface area (Å²) in [5.74, 6) is 0. The fourth-order valence-electron chi connectivity index (χ4n) is 2.39. The van der Waals surface area contributed by atoms with E-state index < -0.39 is 0 Å². The van der Waals surface area contributed by atoms with E-state index in [1.54, 1.807) is 0 Å². The van der Waals surface area contributed by atoms with Crippen LogP contribution in [-0.4, -0.2) is 43.0 Å². The normalized spacial score (nSPS) is 23.9. The van der Waals surface area contributed by atoms with Crippen molar-refractivity contribution in [2.75, 3.05) is 20.6 Å². The van der Waals surface area contributed by atoms with Gasteiger partial charge in [0.05, 0.1) is 5.69 Å². The molecule has 0 bridgehead atoms. The van der Waals surface area contributed by atoms with Crippen LogP contribution < -0.4 is 0 Å². The summed E-state index contributed by atoms with van der Waals surface area (Å²) in [6, 6.07) is 8.86. The third kappa shape index (κ3) is 3.29. The van der Waals surface area contributed by atoms with Gasteiger partial charge in [0.1, 0.15) is 0 Å². The molecule has 0 aromatic heterocycles. The molecule has 0 aliphatic carbocycles. The highest BCUT2D eigenvalue weighted by Crippen LogP contribution is 2.23. The van der Waals surface area contributed by atoms with Gasteiger partial charge in [0, 0.05) is 43.0 Å². The van der Waals surface area contributed by atoms with Gasteiger partial charge in [-0.25, -0.2) is 0 Å². The molecule has 3 heteroatoms. The number of benzene rings is 1. The molecule has 1 atom stereocenters. The zero-order valence-electron chi connectivity index (χ0n) is 12.3.